The van der Waals surface area contributed by atoms with Crippen molar-refractivity contribution in [3.63, 3.8) is 0 Å². The number of carbonyl (C=O) groups is 2. The molecule has 2 N–H and O–H groups in total. The summed E-state index contributed by atoms with van der Waals surface area (Å²) in [6, 6.07) is 8.50. The number of para-hydroxylation sites is 1. The average molecular weight is 404 g/mol. The number of carbonyl (C=O) groups excluding carboxylic acids is 2. The summed E-state index contributed by atoms with van der Waals surface area (Å²) in [6.07, 6.45) is 5.36. The molecular formula is C20H25N3O4S. The summed E-state index contributed by atoms with van der Waals surface area (Å²) in [5, 5.41) is 3.65. The van der Waals surface area contributed by atoms with Crippen LogP contribution in [-0.2, 0) is 25.4 Å². The van der Waals surface area contributed by atoms with E-state index >= 15 is 0 Å². The lowest BCUT2D eigenvalue weighted by molar-refractivity contribution is -0.125. The van der Waals surface area contributed by atoms with E-state index in [1.807, 2.05) is 12.1 Å². The molecule has 28 heavy (non-hydrogen) atoms. The van der Waals surface area contributed by atoms with Gasteiger partial charge in [0.15, 0.2) is 0 Å². The Morgan fingerprint density at radius 3 is 2.64 bits per heavy atom. The fourth-order valence-corrected chi connectivity index (χ4v) is 4.76. The van der Waals surface area contributed by atoms with E-state index in [4.69, 9.17) is 0 Å². The molecule has 0 spiro atoms. The summed E-state index contributed by atoms with van der Waals surface area (Å²) in [7, 11) is -3.87. The normalized spacial score (nSPS) is 16.0. The van der Waals surface area contributed by atoms with Crippen LogP contribution in [0.25, 0.3) is 10.9 Å². The number of rotatable bonds is 7. The standard InChI is InChI=1S/C20H25N3O4S/c1-14(22-20(25)16-6-2-3-7-16)12-18(24)23-28(26,27)13-17-9-4-8-15-10-5-11-21-19(15)17/h4-5,8-11,14,16H,2-3,6-7,12-13H2,1H3,(H,22,25)(H,23,24)/t14-/m0/s1. The Morgan fingerprint density at radius 1 is 1.18 bits per heavy atom. The quantitative estimate of drug-likeness (QED) is 0.738. The first-order valence-corrected chi connectivity index (χ1v) is 11.2. The molecule has 0 aliphatic heterocycles. The zero-order chi connectivity index (χ0) is 20.1. The van der Waals surface area contributed by atoms with Gasteiger partial charge >= 0.3 is 0 Å². The minimum atomic E-state index is -3.87. The Hall–Kier alpha value is -2.48. The molecule has 0 bridgehead atoms. The van der Waals surface area contributed by atoms with Crippen molar-refractivity contribution >= 4 is 32.7 Å². The second-order valence-electron chi connectivity index (χ2n) is 7.37. The first-order chi connectivity index (χ1) is 13.3. The molecule has 0 unspecified atom stereocenters. The second kappa shape index (κ2) is 8.68. The van der Waals surface area contributed by atoms with Gasteiger partial charge in [-0.3, -0.25) is 19.3 Å². The molecule has 7 nitrogen and oxygen atoms in total. The molecule has 1 aromatic carbocycles. The highest BCUT2D eigenvalue weighted by atomic mass is 32.2. The van der Waals surface area contributed by atoms with Gasteiger partial charge in [0.05, 0.1) is 11.3 Å². The molecule has 0 radical (unpaired) electrons. The third kappa shape index (κ3) is 5.28. The van der Waals surface area contributed by atoms with Crippen LogP contribution in [0.3, 0.4) is 0 Å². The molecule has 1 heterocycles. The molecule has 1 aliphatic rings. The van der Waals surface area contributed by atoms with E-state index in [-0.39, 0.29) is 24.0 Å². The molecule has 3 rings (SSSR count). The molecule has 150 valence electrons. The van der Waals surface area contributed by atoms with Gasteiger partial charge in [0.1, 0.15) is 0 Å². The monoisotopic (exact) mass is 403 g/mol. The SMILES string of the molecule is C[C@@H](CC(=O)NS(=O)(=O)Cc1cccc2cccnc12)NC(=O)C1CCCC1. The Bertz CT molecular complexity index is 963. The zero-order valence-electron chi connectivity index (χ0n) is 15.8. The van der Waals surface area contributed by atoms with Gasteiger partial charge in [0, 0.05) is 30.0 Å². The summed E-state index contributed by atoms with van der Waals surface area (Å²) in [5.41, 5.74) is 1.13. The Balaban J connectivity index is 1.57. The van der Waals surface area contributed by atoms with Crippen LogP contribution in [-0.4, -0.2) is 31.3 Å². The third-order valence-corrected chi connectivity index (χ3v) is 6.17. The van der Waals surface area contributed by atoms with Crippen LogP contribution in [0.15, 0.2) is 36.5 Å². The van der Waals surface area contributed by atoms with E-state index < -0.39 is 22.0 Å². The molecule has 1 aliphatic carbocycles. The highest BCUT2D eigenvalue weighted by Gasteiger charge is 2.25. The first kappa shape index (κ1) is 20.3. The fraction of sp³-hybridized carbons (Fsp3) is 0.450. The van der Waals surface area contributed by atoms with E-state index in [1.165, 1.54) is 0 Å². The summed E-state index contributed by atoms with van der Waals surface area (Å²) in [6.45, 7) is 1.70. The second-order valence-corrected chi connectivity index (χ2v) is 9.09. The van der Waals surface area contributed by atoms with E-state index in [9.17, 15) is 18.0 Å². The Morgan fingerprint density at radius 2 is 1.89 bits per heavy atom. The predicted molar refractivity (Wildman–Crippen MR) is 107 cm³/mol. The van der Waals surface area contributed by atoms with Gasteiger partial charge in [-0.05, 0) is 31.4 Å². The average Bonchev–Trinajstić information content (AvgIpc) is 3.15. The first-order valence-electron chi connectivity index (χ1n) is 9.50. The lowest BCUT2D eigenvalue weighted by atomic mass is 10.1. The third-order valence-electron chi connectivity index (χ3n) is 4.94. The summed E-state index contributed by atoms with van der Waals surface area (Å²) < 4.78 is 26.9. The van der Waals surface area contributed by atoms with Crippen LogP contribution in [0.4, 0.5) is 0 Å². The van der Waals surface area contributed by atoms with Crippen LogP contribution in [0.5, 0.6) is 0 Å². The topological polar surface area (TPSA) is 105 Å². The molecule has 1 atom stereocenters. The van der Waals surface area contributed by atoms with E-state index in [1.54, 1.807) is 31.3 Å². The molecular weight excluding hydrogens is 378 g/mol. The Labute approximate surface area is 165 Å². The molecule has 0 saturated heterocycles. The number of sulfonamides is 1. The molecule has 2 amide bonds. The summed E-state index contributed by atoms with van der Waals surface area (Å²) in [4.78, 5) is 28.5. The van der Waals surface area contributed by atoms with Crippen LogP contribution in [0.1, 0.15) is 44.6 Å². The maximum atomic E-state index is 12.4. The number of benzene rings is 1. The molecule has 1 aromatic heterocycles. The van der Waals surface area contributed by atoms with Gasteiger partial charge in [-0.1, -0.05) is 37.1 Å². The maximum Gasteiger partial charge on any atom is 0.239 e. The highest BCUT2D eigenvalue weighted by Crippen LogP contribution is 2.24. The lowest BCUT2D eigenvalue weighted by Gasteiger charge is -2.17. The van der Waals surface area contributed by atoms with Crippen molar-refractivity contribution in [1.29, 1.82) is 0 Å². The van der Waals surface area contributed by atoms with E-state index in [0.29, 0.717) is 11.1 Å². The number of amides is 2. The Kier molecular flexibility index (Phi) is 6.28. The number of nitrogens with zero attached hydrogens (tertiary/aromatic N) is 1. The maximum absolute atomic E-state index is 12.4. The van der Waals surface area contributed by atoms with Crippen LogP contribution in [0.2, 0.25) is 0 Å². The summed E-state index contributed by atoms with van der Waals surface area (Å²) in [5.74, 6) is -1.02. The van der Waals surface area contributed by atoms with Crippen molar-refractivity contribution in [2.24, 2.45) is 5.92 Å². The molecule has 1 fully saturated rings. The van der Waals surface area contributed by atoms with Crippen molar-refractivity contribution in [3.05, 3.63) is 42.1 Å². The minimum absolute atomic E-state index is 0.00751. The van der Waals surface area contributed by atoms with Gasteiger partial charge in [0.25, 0.3) is 0 Å². The highest BCUT2D eigenvalue weighted by molar-refractivity contribution is 7.89. The van der Waals surface area contributed by atoms with Crippen molar-refractivity contribution in [2.45, 2.75) is 50.8 Å². The van der Waals surface area contributed by atoms with E-state index in [2.05, 4.69) is 15.0 Å². The molecule has 2 aromatic rings. The number of nitrogens with one attached hydrogen (secondary N) is 2. The predicted octanol–water partition coefficient (Wildman–Crippen LogP) is 2.27. The van der Waals surface area contributed by atoms with Crippen molar-refractivity contribution in [1.82, 2.24) is 15.0 Å². The molecule has 8 heteroatoms. The molecule has 1 saturated carbocycles. The van der Waals surface area contributed by atoms with Gasteiger partial charge in [-0.2, -0.15) is 0 Å². The van der Waals surface area contributed by atoms with Crippen molar-refractivity contribution in [2.75, 3.05) is 0 Å². The fourth-order valence-electron chi connectivity index (χ4n) is 3.62. The minimum Gasteiger partial charge on any atom is -0.353 e. The number of aromatic nitrogens is 1. The summed E-state index contributed by atoms with van der Waals surface area (Å²) >= 11 is 0. The van der Waals surface area contributed by atoms with Crippen molar-refractivity contribution in [3.8, 4) is 0 Å². The van der Waals surface area contributed by atoms with Crippen molar-refractivity contribution < 1.29 is 18.0 Å². The van der Waals surface area contributed by atoms with Gasteiger partial charge in [-0.15, -0.1) is 0 Å². The lowest BCUT2D eigenvalue weighted by Crippen LogP contribution is -2.41. The van der Waals surface area contributed by atoms with Gasteiger partial charge in [-0.25, -0.2) is 8.42 Å². The van der Waals surface area contributed by atoms with Crippen LogP contribution < -0.4 is 10.0 Å². The largest absolute Gasteiger partial charge is 0.353 e. The van der Waals surface area contributed by atoms with Gasteiger partial charge < -0.3 is 5.32 Å². The van der Waals surface area contributed by atoms with Gasteiger partial charge in [0.2, 0.25) is 21.8 Å². The smallest absolute Gasteiger partial charge is 0.239 e. The zero-order valence-corrected chi connectivity index (χ0v) is 16.7. The number of pyridine rings is 1. The number of hydrogen-bond donors (Lipinski definition) is 2. The van der Waals surface area contributed by atoms with Crippen LogP contribution in [0, 0.1) is 5.92 Å². The number of hydrogen-bond acceptors (Lipinski definition) is 5. The number of fused-ring (bicyclic) bond motifs is 1. The van der Waals surface area contributed by atoms with Crippen LogP contribution >= 0.6 is 0 Å². The van der Waals surface area contributed by atoms with E-state index in [0.717, 1.165) is 31.1 Å².